The molecule has 3 nitrogen and oxygen atoms in total. The van der Waals surface area contributed by atoms with Gasteiger partial charge < -0.3 is 9.32 Å². The molecule has 0 unspecified atom stereocenters. The summed E-state index contributed by atoms with van der Waals surface area (Å²) in [6.07, 6.45) is -3.08. The van der Waals surface area contributed by atoms with E-state index >= 15 is 0 Å². The molecule has 1 aromatic heterocycles. The molecule has 0 radical (unpaired) electrons. The van der Waals surface area contributed by atoms with Crippen molar-refractivity contribution in [3.63, 3.8) is 0 Å². The van der Waals surface area contributed by atoms with Crippen LogP contribution in [0.25, 0.3) is 0 Å². The van der Waals surface area contributed by atoms with Crippen LogP contribution in [0.5, 0.6) is 0 Å². The van der Waals surface area contributed by atoms with E-state index in [0.717, 1.165) is 20.9 Å². The second-order valence-electron chi connectivity index (χ2n) is 5.50. The van der Waals surface area contributed by atoms with Crippen molar-refractivity contribution in [2.75, 3.05) is 12.3 Å². The maximum Gasteiger partial charge on any atom is 0.406 e. The molecule has 24 heavy (non-hydrogen) atoms. The Morgan fingerprint density at radius 1 is 1.25 bits per heavy atom. The number of hydrogen-bond donors (Lipinski definition) is 0. The monoisotopic (exact) mass is 357 g/mol. The lowest BCUT2D eigenvalue weighted by Crippen LogP contribution is -2.39. The molecule has 0 aliphatic heterocycles. The highest BCUT2D eigenvalue weighted by atomic mass is 32.2. The van der Waals surface area contributed by atoms with Crippen LogP contribution in [0.1, 0.15) is 16.9 Å². The number of amides is 1. The summed E-state index contributed by atoms with van der Waals surface area (Å²) in [7, 11) is 0. The van der Waals surface area contributed by atoms with Gasteiger partial charge in [0.1, 0.15) is 12.3 Å². The first-order valence-electron chi connectivity index (χ1n) is 7.31. The van der Waals surface area contributed by atoms with Gasteiger partial charge in [0.25, 0.3) is 0 Å². The third-order valence-electron chi connectivity index (χ3n) is 3.34. The summed E-state index contributed by atoms with van der Waals surface area (Å²) in [5.74, 6) is -0.305. The Bertz CT molecular complexity index is 684. The van der Waals surface area contributed by atoms with E-state index in [1.807, 2.05) is 32.0 Å². The smallest absolute Gasteiger partial charge is 0.406 e. The minimum atomic E-state index is -4.45. The second-order valence-corrected chi connectivity index (χ2v) is 6.52. The first kappa shape index (κ1) is 18.4. The van der Waals surface area contributed by atoms with E-state index in [9.17, 15) is 18.0 Å². The van der Waals surface area contributed by atoms with Crippen molar-refractivity contribution in [3.8, 4) is 0 Å². The van der Waals surface area contributed by atoms with E-state index < -0.39 is 18.6 Å². The lowest BCUT2D eigenvalue weighted by molar-refractivity contribution is -0.161. The van der Waals surface area contributed by atoms with E-state index in [4.69, 9.17) is 4.42 Å². The van der Waals surface area contributed by atoms with Gasteiger partial charge in [0.15, 0.2) is 0 Å². The minimum absolute atomic E-state index is 0.0545. The summed E-state index contributed by atoms with van der Waals surface area (Å²) in [5.41, 5.74) is 2.03. The van der Waals surface area contributed by atoms with E-state index in [2.05, 4.69) is 0 Å². The topological polar surface area (TPSA) is 33.5 Å². The van der Waals surface area contributed by atoms with Crippen molar-refractivity contribution in [2.24, 2.45) is 0 Å². The van der Waals surface area contributed by atoms with Gasteiger partial charge in [-0.2, -0.15) is 13.2 Å². The van der Waals surface area contributed by atoms with Crippen LogP contribution in [0.2, 0.25) is 0 Å². The molecule has 0 aliphatic carbocycles. The Balaban J connectivity index is 2.05. The van der Waals surface area contributed by atoms with E-state index in [1.165, 1.54) is 18.0 Å². The Labute approximate surface area is 142 Å². The predicted molar refractivity (Wildman–Crippen MR) is 86.8 cm³/mol. The average Bonchev–Trinajstić information content (AvgIpc) is 2.99. The number of benzene rings is 1. The Kier molecular flexibility index (Phi) is 5.99. The molecule has 0 saturated heterocycles. The normalized spacial score (nSPS) is 11.5. The zero-order valence-corrected chi connectivity index (χ0v) is 14.2. The standard InChI is InChI=1S/C17H18F3NO2S/c1-12-5-6-13(2)15(8-12)24-10-16(22)21(11-17(18,19)20)9-14-4-3-7-23-14/h3-8H,9-11H2,1-2H3. The maximum absolute atomic E-state index is 12.7. The molecule has 7 heteroatoms. The van der Waals surface area contributed by atoms with Crippen LogP contribution in [0.4, 0.5) is 13.2 Å². The molecule has 0 spiro atoms. The molecule has 0 saturated carbocycles. The lowest BCUT2D eigenvalue weighted by Gasteiger charge is -2.23. The molecule has 0 bridgehead atoms. The Morgan fingerprint density at radius 3 is 2.62 bits per heavy atom. The molecule has 0 fully saturated rings. The van der Waals surface area contributed by atoms with Crippen LogP contribution in [0, 0.1) is 13.8 Å². The minimum Gasteiger partial charge on any atom is -0.467 e. The molecular formula is C17H18F3NO2S. The number of thioether (sulfide) groups is 1. The van der Waals surface area contributed by atoms with Crippen molar-refractivity contribution in [2.45, 2.75) is 31.5 Å². The number of carbonyl (C=O) groups excluding carboxylic acids is 1. The van der Waals surface area contributed by atoms with Crippen LogP contribution >= 0.6 is 11.8 Å². The van der Waals surface area contributed by atoms with Gasteiger partial charge in [0, 0.05) is 4.90 Å². The largest absolute Gasteiger partial charge is 0.467 e. The Hall–Kier alpha value is -1.89. The molecule has 2 aromatic rings. The molecule has 0 N–H and O–H groups in total. The molecular weight excluding hydrogens is 339 g/mol. The summed E-state index contributed by atoms with van der Waals surface area (Å²) in [4.78, 5) is 14.0. The zero-order chi connectivity index (χ0) is 17.7. The number of hydrogen-bond acceptors (Lipinski definition) is 3. The van der Waals surface area contributed by atoms with Crippen molar-refractivity contribution < 1.29 is 22.4 Å². The van der Waals surface area contributed by atoms with Crippen molar-refractivity contribution in [3.05, 3.63) is 53.5 Å². The van der Waals surface area contributed by atoms with Gasteiger partial charge in [-0.25, -0.2) is 0 Å². The zero-order valence-electron chi connectivity index (χ0n) is 13.4. The first-order valence-corrected chi connectivity index (χ1v) is 8.30. The third-order valence-corrected chi connectivity index (χ3v) is 4.49. The summed E-state index contributed by atoms with van der Waals surface area (Å²) in [6, 6.07) is 8.94. The first-order chi connectivity index (χ1) is 11.2. The second kappa shape index (κ2) is 7.79. The SMILES string of the molecule is Cc1ccc(C)c(SCC(=O)N(Cc2ccco2)CC(F)(F)F)c1. The van der Waals surface area contributed by atoms with Gasteiger partial charge in [-0.05, 0) is 37.6 Å². The van der Waals surface area contributed by atoms with E-state index in [0.29, 0.717) is 5.76 Å². The van der Waals surface area contributed by atoms with E-state index in [1.54, 1.807) is 12.1 Å². The lowest BCUT2D eigenvalue weighted by atomic mass is 10.2. The van der Waals surface area contributed by atoms with Crippen molar-refractivity contribution >= 4 is 17.7 Å². The fourth-order valence-electron chi connectivity index (χ4n) is 2.13. The molecule has 1 heterocycles. The van der Waals surface area contributed by atoms with Gasteiger partial charge in [0.2, 0.25) is 5.91 Å². The number of carbonyl (C=O) groups is 1. The van der Waals surface area contributed by atoms with Crippen LogP contribution in [-0.4, -0.2) is 29.3 Å². The highest BCUT2D eigenvalue weighted by Crippen LogP contribution is 2.25. The molecule has 2 rings (SSSR count). The predicted octanol–water partition coefficient (Wildman–Crippen LogP) is 4.58. The fraction of sp³-hybridized carbons (Fsp3) is 0.353. The summed E-state index contributed by atoms with van der Waals surface area (Å²) >= 11 is 1.25. The highest BCUT2D eigenvalue weighted by Gasteiger charge is 2.33. The molecule has 0 aliphatic rings. The number of halogens is 3. The third kappa shape index (κ3) is 5.63. The van der Waals surface area contributed by atoms with Crippen LogP contribution in [-0.2, 0) is 11.3 Å². The summed E-state index contributed by atoms with van der Waals surface area (Å²) < 4.78 is 43.3. The summed E-state index contributed by atoms with van der Waals surface area (Å²) in [5, 5.41) is 0. The molecule has 0 atom stereocenters. The maximum atomic E-state index is 12.7. The van der Waals surface area contributed by atoms with Crippen molar-refractivity contribution in [1.82, 2.24) is 4.90 Å². The van der Waals surface area contributed by atoms with Gasteiger partial charge in [-0.15, -0.1) is 11.8 Å². The van der Waals surface area contributed by atoms with E-state index in [-0.39, 0.29) is 12.3 Å². The quantitative estimate of drug-likeness (QED) is 0.710. The van der Waals surface area contributed by atoms with Crippen molar-refractivity contribution in [1.29, 1.82) is 0 Å². The average molecular weight is 357 g/mol. The van der Waals surface area contributed by atoms with Crippen LogP contribution in [0.3, 0.4) is 0 Å². The van der Waals surface area contributed by atoms with Gasteiger partial charge in [-0.1, -0.05) is 17.7 Å². The summed E-state index contributed by atoms with van der Waals surface area (Å²) in [6.45, 7) is 2.35. The number of alkyl halides is 3. The van der Waals surface area contributed by atoms with Crippen LogP contribution < -0.4 is 0 Å². The fourth-order valence-corrected chi connectivity index (χ4v) is 3.16. The molecule has 1 amide bonds. The molecule has 130 valence electrons. The Morgan fingerprint density at radius 2 is 2.00 bits per heavy atom. The number of rotatable bonds is 6. The van der Waals surface area contributed by atoms with Gasteiger partial charge >= 0.3 is 6.18 Å². The number of nitrogens with zero attached hydrogens (tertiary/aromatic N) is 1. The number of aryl methyl sites for hydroxylation is 2. The molecule has 1 aromatic carbocycles. The van der Waals surface area contributed by atoms with Crippen LogP contribution in [0.15, 0.2) is 45.9 Å². The van der Waals surface area contributed by atoms with Gasteiger partial charge in [0.05, 0.1) is 18.6 Å². The van der Waals surface area contributed by atoms with Gasteiger partial charge in [-0.3, -0.25) is 4.79 Å². The highest BCUT2D eigenvalue weighted by molar-refractivity contribution is 8.00. The number of furan rings is 1.